The lowest BCUT2D eigenvalue weighted by Gasteiger charge is -2.29. The second-order valence-corrected chi connectivity index (χ2v) is 9.38. The minimum absolute atomic E-state index is 0.0992. The summed E-state index contributed by atoms with van der Waals surface area (Å²) in [6.45, 7) is 2.82. The minimum atomic E-state index is -0.0992. The third kappa shape index (κ3) is 2.29. The van der Waals surface area contributed by atoms with Gasteiger partial charge in [0, 0.05) is 18.9 Å². The fourth-order valence-corrected chi connectivity index (χ4v) is 5.42. The van der Waals surface area contributed by atoms with Gasteiger partial charge in [-0.15, -0.1) is 0 Å². The number of methoxy groups -OCH3 is 1. The summed E-state index contributed by atoms with van der Waals surface area (Å²) in [4.78, 5) is 14.3. The highest BCUT2D eigenvalue weighted by Crippen LogP contribution is 2.64. The van der Waals surface area contributed by atoms with Crippen molar-refractivity contribution < 1.29 is 9.53 Å². The van der Waals surface area contributed by atoms with Crippen LogP contribution in [0, 0.1) is 11.8 Å². The molecule has 1 amide bonds. The van der Waals surface area contributed by atoms with Crippen molar-refractivity contribution in [2.24, 2.45) is 11.8 Å². The fraction of sp³-hybridized carbons (Fsp3) is 0.533. The Bertz CT molecular complexity index is 529. The lowest BCUT2D eigenvalue weighted by molar-refractivity contribution is -0.136. The number of ether oxygens (including phenoxy) is 1. The number of piperidine rings is 1. The van der Waals surface area contributed by atoms with Crippen molar-refractivity contribution in [3.05, 3.63) is 29.8 Å². The van der Waals surface area contributed by atoms with E-state index in [1.807, 2.05) is 29.2 Å². The average molecular weight is 403 g/mol. The molecule has 0 spiro atoms. The van der Waals surface area contributed by atoms with Gasteiger partial charge in [-0.3, -0.25) is 4.79 Å². The summed E-state index contributed by atoms with van der Waals surface area (Å²) in [5.41, 5.74) is 1.13. The van der Waals surface area contributed by atoms with Crippen LogP contribution in [-0.4, -0.2) is 27.2 Å². The molecule has 3 rings (SSSR count). The molecule has 1 heterocycles. The predicted molar refractivity (Wildman–Crippen MR) is 85.2 cm³/mol. The number of hydrogen-bond donors (Lipinski definition) is 0. The first-order chi connectivity index (χ1) is 9.45. The van der Waals surface area contributed by atoms with Gasteiger partial charge in [-0.05, 0) is 23.6 Å². The van der Waals surface area contributed by atoms with E-state index in [0.29, 0.717) is 24.8 Å². The van der Waals surface area contributed by atoms with E-state index in [1.165, 1.54) is 0 Å². The van der Waals surface area contributed by atoms with Crippen LogP contribution in [0.4, 0.5) is 0 Å². The molecule has 0 bridgehead atoms. The molecule has 1 saturated carbocycles. The number of amides is 1. The first-order valence-electron chi connectivity index (χ1n) is 6.75. The van der Waals surface area contributed by atoms with Crippen LogP contribution >= 0.6 is 31.9 Å². The largest absolute Gasteiger partial charge is 0.497 e. The number of benzene rings is 1. The standard InChI is InChI=1S/C15H17Br2NO2/c1-9-7-12(19)18(14-13(9)15(14,16)17)8-10-3-5-11(20-2)6-4-10/h3-6,9,13-14H,7-8H2,1-2H3. The van der Waals surface area contributed by atoms with Gasteiger partial charge in [0.2, 0.25) is 5.91 Å². The van der Waals surface area contributed by atoms with Crippen molar-refractivity contribution in [3.8, 4) is 5.75 Å². The highest BCUT2D eigenvalue weighted by molar-refractivity contribution is 9.25. The summed E-state index contributed by atoms with van der Waals surface area (Å²) < 4.78 is 5.06. The molecule has 0 aromatic heterocycles. The van der Waals surface area contributed by atoms with Crippen LogP contribution < -0.4 is 4.74 Å². The van der Waals surface area contributed by atoms with Gasteiger partial charge in [-0.25, -0.2) is 0 Å². The lowest BCUT2D eigenvalue weighted by Crippen LogP contribution is -2.39. The fourth-order valence-electron chi connectivity index (χ4n) is 3.21. The Kier molecular flexibility index (Phi) is 3.61. The Morgan fingerprint density at radius 2 is 2.00 bits per heavy atom. The minimum Gasteiger partial charge on any atom is -0.497 e. The summed E-state index contributed by atoms with van der Waals surface area (Å²) in [6, 6.07) is 8.16. The molecule has 2 fully saturated rings. The van der Waals surface area contributed by atoms with Crippen LogP contribution in [0.5, 0.6) is 5.75 Å². The van der Waals surface area contributed by atoms with E-state index in [9.17, 15) is 4.79 Å². The normalized spacial score (nSPS) is 30.9. The quantitative estimate of drug-likeness (QED) is 0.723. The number of fused-ring (bicyclic) bond motifs is 1. The number of nitrogens with zero attached hydrogens (tertiary/aromatic N) is 1. The molecule has 0 N–H and O–H groups in total. The number of carbonyl (C=O) groups excluding carboxylic acids is 1. The van der Waals surface area contributed by atoms with Gasteiger partial charge in [0.1, 0.15) is 8.98 Å². The maximum atomic E-state index is 12.3. The predicted octanol–water partition coefficient (Wildman–Crippen LogP) is 3.55. The number of carbonyl (C=O) groups is 1. The van der Waals surface area contributed by atoms with E-state index in [-0.39, 0.29) is 15.2 Å². The molecule has 3 unspecified atom stereocenters. The Morgan fingerprint density at radius 1 is 1.35 bits per heavy atom. The van der Waals surface area contributed by atoms with Gasteiger partial charge >= 0.3 is 0 Å². The monoisotopic (exact) mass is 401 g/mol. The van der Waals surface area contributed by atoms with E-state index in [2.05, 4.69) is 38.8 Å². The summed E-state index contributed by atoms with van der Waals surface area (Å²) in [5.74, 6) is 2.01. The molecule has 108 valence electrons. The lowest BCUT2D eigenvalue weighted by atomic mass is 9.97. The van der Waals surface area contributed by atoms with Gasteiger partial charge in [-0.2, -0.15) is 0 Å². The first kappa shape index (κ1) is 14.4. The zero-order valence-corrected chi connectivity index (χ0v) is 14.6. The number of alkyl halides is 2. The van der Waals surface area contributed by atoms with Crippen molar-refractivity contribution in [3.63, 3.8) is 0 Å². The Balaban J connectivity index is 1.77. The maximum absolute atomic E-state index is 12.3. The molecule has 1 aromatic carbocycles. The van der Waals surface area contributed by atoms with Gasteiger partial charge in [0.25, 0.3) is 0 Å². The van der Waals surface area contributed by atoms with E-state index < -0.39 is 0 Å². The first-order valence-corrected chi connectivity index (χ1v) is 8.34. The van der Waals surface area contributed by atoms with E-state index in [4.69, 9.17) is 4.74 Å². The van der Waals surface area contributed by atoms with Gasteiger partial charge in [0.15, 0.2) is 0 Å². The molecular weight excluding hydrogens is 386 g/mol. The highest BCUT2D eigenvalue weighted by Gasteiger charge is 2.69. The number of rotatable bonds is 3. The molecule has 20 heavy (non-hydrogen) atoms. The summed E-state index contributed by atoms with van der Waals surface area (Å²) in [5, 5.41) is 0. The number of likely N-dealkylation sites (tertiary alicyclic amines) is 1. The van der Waals surface area contributed by atoms with Gasteiger partial charge in [0.05, 0.1) is 13.2 Å². The Labute approximate surface area is 135 Å². The van der Waals surface area contributed by atoms with Crippen molar-refractivity contribution >= 4 is 37.8 Å². The van der Waals surface area contributed by atoms with Crippen LogP contribution in [0.2, 0.25) is 0 Å². The van der Waals surface area contributed by atoms with Crippen LogP contribution in [-0.2, 0) is 11.3 Å². The molecule has 1 saturated heterocycles. The smallest absolute Gasteiger partial charge is 0.223 e. The van der Waals surface area contributed by atoms with Gasteiger partial charge in [-0.1, -0.05) is 50.9 Å². The van der Waals surface area contributed by atoms with E-state index in [1.54, 1.807) is 7.11 Å². The van der Waals surface area contributed by atoms with Crippen molar-refractivity contribution in [1.82, 2.24) is 4.90 Å². The average Bonchev–Trinajstić information content (AvgIpc) is 2.99. The van der Waals surface area contributed by atoms with E-state index in [0.717, 1.165) is 11.3 Å². The molecule has 3 atom stereocenters. The third-order valence-electron chi connectivity index (χ3n) is 4.35. The van der Waals surface area contributed by atoms with Crippen LogP contribution in [0.25, 0.3) is 0 Å². The summed E-state index contributed by atoms with van der Waals surface area (Å²) >= 11 is 7.45. The topological polar surface area (TPSA) is 29.5 Å². The number of halogens is 2. The van der Waals surface area contributed by atoms with Crippen molar-refractivity contribution in [1.29, 1.82) is 0 Å². The maximum Gasteiger partial charge on any atom is 0.223 e. The molecule has 5 heteroatoms. The van der Waals surface area contributed by atoms with Crippen LogP contribution in [0.3, 0.4) is 0 Å². The molecular formula is C15H17Br2NO2. The molecule has 2 aliphatic rings. The SMILES string of the molecule is COc1ccc(CN2C(=O)CC(C)C3C2C3(Br)Br)cc1. The highest BCUT2D eigenvalue weighted by atomic mass is 79.9. The van der Waals surface area contributed by atoms with Crippen LogP contribution in [0.1, 0.15) is 18.9 Å². The molecule has 1 aromatic rings. The zero-order chi connectivity index (χ0) is 14.5. The Hall–Kier alpha value is -0.550. The van der Waals surface area contributed by atoms with Crippen LogP contribution in [0.15, 0.2) is 24.3 Å². The second kappa shape index (κ2) is 5.02. The molecule has 1 aliphatic heterocycles. The second-order valence-electron chi connectivity index (χ2n) is 5.70. The van der Waals surface area contributed by atoms with Crippen molar-refractivity contribution in [2.75, 3.05) is 7.11 Å². The summed E-state index contributed by atoms with van der Waals surface area (Å²) in [6.07, 6.45) is 0.635. The summed E-state index contributed by atoms with van der Waals surface area (Å²) in [7, 11) is 1.66. The Morgan fingerprint density at radius 3 is 2.60 bits per heavy atom. The zero-order valence-electron chi connectivity index (χ0n) is 11.5. The molecule has 3 nitrogen and oxygen atoms in total. The third-order valence-corrected chi connectivity index (χ3v) is 6.34. The van der Waals surface area contributed by atoms with E-state index >= 15 is 0 Å². The molecule has 1 aliphatic carbocycles. The number of hydrogen-bond acceptors (Lipinski definition) is 2. The van der Waals surface area contributed by atoms with Gasteiger partial charge < -0.3 is 9.64 Å². The van der Waals surface area contributed by atoms with Crippen molar-refractivity contribution in [2.45, 2.75) is 29.2 Å². The molecule has 0 radical (unpaired) electrons.